The fraction of sp³-hybridized carbons (Fsp3) is 1.00. The van der Waals surface area contributed by atoms with Crippen LogP contribution < -0.4 is 0 Å². The van der Waals surface area contributed by atoms with E-state index in [1.54, 1.807) is 0 Å². The summed E-state index contributed by atoms with van der Waals surface area (Å²) in [6.07, 6.45) is 0. The second-order valence-electron chi connectivity index (χ2n) is 4.17. The van der Waals surface area contributed by atoms with E-state index in [4.69, 9.17) is 0 Å². The van der Waals surface area contributed by atoms with Gasteiger partial charge in [-0.05, 0) is 0 Å². The predicted octanol–water partition coefficient (Wildman–Crippen LogP) is 4.25. The monoisotopic (exact) mass is 284 g/mol. The Hall–Kier alpha value is 1.40. The Kier molecular flexibility index (Phi) is 9.28. The van der Waals surface area contributed by atoms with Crippen LogP contribution in [0.25, 0.3) is 0 Å². The average molecular weight is 285 g/mol. The van der Waals surface area contributed by atoms with Gasteiger partial charge in [-0.25, -0.2) is 0 Å². The molecule has 0 fully saturated rings. The highest BCUT2D eigenvalue weighted by Crippen LogP contribution is 2.27. The first kappa shape index (κ1) is 16.4. The Bertz CT molecular complexity index is 159. The van der Waals surface area contributed by atoms with Gasteiger partial charge in [0.15, 0.2) is 0 Å². The van der Waals surface area contributed by atoms with E-state index in [-0.39, 0.29) is 0 Å². The maximum absolute atomic E-state index is 4.47. The molecule has 92 valence electrons. The van der Waals surface area contributed by atoms with Gasteiger partial charge in [-0.3, -0.25) is 0 Å². The fourth-order valence-corrected chi connectivity index (χ4v) is 3.78. The Balaban J connectivity index is 3.70. The second kappa shape index (κ2) is 8.48. The van der Waals surface area contributed by atoms with Gasteiger partial charge < -0.3 is 0 Å². The summed E-state index contributed by atoms with van der Waals surface area (Å²) in [5, 5.41) is 2.93. The molecular formula is C11H24S4. The van der Waals surface area contributed by atoms with Crippen molar-refractivity contribution in [2.75, 3.05) is 5.75 Å². The van der Waals surface area contributed by atoms with Gasteiger partial charge in [0.25, 0.3) is 0 Å². The zero-order valence-electron chi connectivity index (χ0n) is 10.3. The summed E-state index contributed by atoms with van der Waals surface area (Å²) in [5.74, 6) is 1.21. The molecule has 0 aromatic carbocycles. The van der Waals surface area contributed by atoms with Crippen LogP contribution in [-0.2, 0) is 0 Å². The molecule has 0 aromatic heterocycles. The molecule has 5 atom stereocenters. The van der Waals surface area contributed by atoms with Gasteiger partial charge in [0, 0.05) is 32.0 Å². The number of hydrogen-bond acceptors (Lipinski definition) is 4. The Morgan fingerprint density at radius 1 is 0.867 bits per heavy atom. The third-order valence-corrected chi connectivity index (χ3v) is 7.00. The first-order valence-electron chi connectivity index (χ1n) is 5.47. The van der Waals surface area contributed by atoms with Gasteiger partial charge in [-0.2, -0.15) is 48.8 Å². The molecule has 0 amide bonds. The lowest BCUT2D eigenvalue weighted by Gasteiger charge is -2.21. The van der Waals surface area contributed by atoms with Crippen LogP contribution in [0.3, 0.4) is 0 Å². The topological polar surface area (TPSA) is 0 Å². The molecule has 0 spiro atoms. The smallest absolute Gasteiger partial charge is 0.0136 e. The summed E-state index contributed by atoms with van der Waals surface area (Å²) < 4.78 is 0. The van der Waals surface area contributed by atoms with Crippen LogP contribution in [0.1, 0.15) is 34.6 Å². The highest BCUT2D eigenvalue weighted by Gasteiger charge is 2.15. The summed E-state index contributed by atoms with van der Waals surface area (Å²) in [5.41, 5.74) is 0. The summed E-state index contributed by atoms with van der Waals surface area (Å²) in [7, 11) is 0. The van der Waals surface area contributed by atoms with E-state index in [0.29, 0.717) is 26.2 Å². The minimum atomic E-state index is 0.476. The number of thiol groups is 2. The number of thioether (sulfide) groups is 2. The number of rotatable bonds is 7. The molecule has 0 aromatic rings. The van der Waals surface area contributed by atoms with Gasteiger partial charge >= 0.3 is 0 Å². The highest BCUT2D eigenvalue weighted by atomic mass is 32.2. The van der Waals surface area contributed by atoms with Crippen molar-refractivity contribution in [2.24, 2.45) is 0 Å². The lowest BCUT2D eigenvalue weighted by atomic mass is 10.4. The summed E-state index contributed by atoms with van der Waals surface area (Å²) in [6.45, 7) is 11.1. The van der Waals surface area contributed by atoms with Crippen molar-refractivity contribution in [3.63, 3.8) is 0 Å². The van der Waals surface area contributed by atoms with Crippen LogP contribution in [0.5, 0.6) is 0 Å². The first-order valence-corrected chi connectivity index (χ1v) is 8.50. The largest absolute Gasteiger partial charge is 0.175 e. The summed E-state index contributed by atoms with van der Waals surface area (Å²) in [4.78, 5) is 0. The molecule has 0 heterocycles. The maximum Gasteiger partial charge on any atom is 0.0136 e. The van der Waals surface area contributed by atoms with E-state index in [9.17, 15) is 0 Å². The molecule has 0 N–H and O–H groups in total. The molecule has 5 unspecified atom stereocenters. The van der Waals surface area contributed by atoms with Crippen LogP contribution in [-0.4, -0.2) is 32.0 Å². The molecule has 15 heavy (non-hydrogen) atoms. The molecule has 0 radical (unpaired) electrons. The van der Waals surface area contributed by atoms with Crippen molar-refractivity contribution in [1.29, 1.82) is 0 Å². The highest BCUT2D eigenvalue weighted by molar-refractivity contribution is 8.04. The first-order chi connectivity index (χ1) is 6.84. The van der Waals surface area contributed by atoms with Crippen LogP contribution in [0.4, 0.5) is 0 Å². The average Bonchev–Trinajstić information content (AvgIpc) is 2.13. The molecular weight excluding hydrogens is 260 g/mol. The zero-order chi connectivity index (χ0) is 12.0. The van der Waals surface area contributed by atoms with Crippen LogP contribution in [0.15, 0.2) is 0 Å². The van der Waals surface area contributed by atoms with E-state index >= 15 is 0 Å². The van der Waals surface area contributed by atoms with Crippen molar-refractivity contribution >= 4 is 48.8 Å². The molecule has 0 nitrogen and oxygen atoms in total. The Morgan fingerprint density at radius 3 is 1.73 bits per heavy atom. The van der Waals surface area contributed by atoms with Gasteiger partial charge in [0.2, 0.25) is 0 Å². The predicted molar refractivity (Wildman–Crippen MR) is 85.3 cm³/mol. The molecule has 0 saturated carbocycles. The van der Waals surface area contributed by atoms with Gasteiger partial charge in [0.05, 0.1) is 0 Å². The van der Waals surface area contributed by atoms with E-state index in [1.165, 1.54) is 5.75 Å². The SMILES string of the molecule is CC(CSC(C)C(C)S)SC(C)C(C)S. The van der Waals surface area contributed by atoms with Crippen LogP contribution in [0, 0.1) is 0 Å². The minimum absolute atomic E-state index is 0.476. The van der Waals surface area contributed by atoms with Crippen molar-refractivity contribution in [3.05, 3.63) is 0 Å². The van der Waals surface area contributed by atoms with Crippen LogP contribution >= 0.6 is 48.8 Å². The summed E-state index contributed by atoms with van der Waals surface area (Å²) >= 11 is 13.0. The molecule has 0 bridgehead atoms. The lowest BCUT2D eigenvalue weighted by Crippen LogP contribution is -2.17. The van der Waals surface area contributed by atoms with Crippen molar-refractivity contribution in [1.82, 2.24) is 0 Å². The van der Waals surface area contributed by atoms with Crippen LogP contribution in [0.2, 0.25) is 0 Å². The van der Waals surface area contributed by atoms with Crippen molar-refractivity contribution < 1.29 is 0 Å². The fourth-order valence-electron chi connectivity index (χ4n) is 0.946. The maximum atomic E-state index is 4.47. The third-order valence-electron chi connectivity index (χ3n) is 2.40. The van der Waals surface area contributed by atoms with Gasteiger partial charge in [0.1, 0.15) is 0 Å². The third kappa shape index (κ3) is 8.17. The molecule has 4 heteroatoms. The minimum Gasteiger partial charge on any atom is -0.175 e. The lowest BCUT2D eigenvalue weighted by molar-refractivity contribution is 0.916. The second-order valence-corrected chi connectivity index (χ2v) is 9.03. The molecule has 0 saturated heterocycles. The Morgan fingerprint density at radius 2 is 1.33 bits per heavy atom. The van der Waals surface area contributed by atoms with Crippen molar-refractivity contribution in [3.8, 4) is 0 Å². The zero-order valence-corrected chi connectivity index (χ0v) is 13.7. The van der Waals surface area contributed by atoms with E-state index < -0.39 is 0 Å². The molecule has 0 aliphatic heterocycles. The molecule has 0 aliphatic carbocycles. The quantitative estimate of drug-likeness (QED) is 0.671. The molecule has 0 aliphatic rings. The Labute approximate surface area is 115 Å². The van der Waals surface area contributed by atoms with Crippen molar-refractivity contribution in [2.45, 2.75) is 60.9 Å². The van der Waals surface area contributed by atoms with Gasteiger partial charge in [-0.1, -0.05) is 34.6 Å². The van der Waals surface area contributed by atoms with E-state index in [2.05, 4.69) is 59.9 Å². The normalized spacial score (nSPS) is 21.8. The van der Waals surface area contributed by atoms with Gasteiger partial charge in [-0.15, -0.1) is 0 Å². The standard InChI is InChI=1S/C11H24S4/c1-7(15-11(5)9(3)13)6-14-10(4)8(2)12/h7-13H,6H2,1-5H3. The molecule has 0 rings (SSSR count). The van der Waals surface area contributed by atoms with E-state index in [1.807, 2.05) is 23.5 Å². The summed E-state index contributed by atoms with van der Waals surface area (Å²) in [6, 6.07) is 0. The van der Waals surface area contributed by atoms with E-state index in [0.717, 1.165) is 0 Å². The number of hydrogen-bond donors (Lipinski definition) is 2.